The number of rotatable bonds is 5. The summed E-state index contributed by atoms with van der Waals surface area (Å²) in [4.78, 5) is 13.7. The molecule has 1 aromatic carbocycles. The second-order valence-electron chi connectivity index (χ2n) is 4.34. The van der Waals surface area contributed by atoms with Crippen molar-refractivity contribution in [3.05, 3.63) is 22.8 Å². The monoisotopic (exact) mass is 600 g/mol. The number of benzene rings is 1. The largest absolute Gasteiger partial charge is 0.392 e. The summed E-state index contributed by atoms with van der Waals surface area (Å²) in [6.07, 6.45) is -0.434. The van der Waals surface area contributed by atoms with E-state index in [0.29, 0.717) is 6.54 Å². The average Bonchev–Trinajstić information content (AvgIpc) is 2.21. The minimum absolute atomic E-state index is 0.0693. The molecule has 1 rings (SSSR count). The molecule has 0 saturated heterocycles. The van der Waals surface area contributed by atoms with Crippen molar-refractivity contribution >= 4 is 79.4 Å². The Balaban J connectivity index is 2.67. The first kappa shape index (κ1) is 17.9. The van der Waals surface area contributed by atoms with E-state index in [1.165, 1.54) is 0 Å². The standard InChI is InChI=1S/C12H15I3N2O2/c1-7(18)5-17(2)6-11(19)16-12-9(14)3-8(13)4-10(12)15/h3-4,7,18H,5-6H2,1-2H3,(H,16,19). The highest BCUT2D eigenvalue weighted by atomic mass is 127. The van der Waals surface area contributed by atoms with E-state index in [2.05, 4.69) is 73.1 Å². The van der Waals surface area contributed by atoms with Crippen molar-refractivity contribution < 1.29 is 9.90 Å². The molecule has 0 heterocycles. The van der Waals surface area contributed by atoms with Crippen LogP contribution < -0.4 is 5.32 Å². The van der Waals surface area contributed by atoms with Crippen molar-refractivity contribution in [3.63, 3.8) is 0 Å². The van der Waals surface area contributed by atoms with Gasteiger partial charge in [-0.25, -0.2) is 0 Å². The molecule has 0 radical (unpaired) electrons. The van der Waals surface area contributed by atoms with E-state index in [0.717, 1.165) is 16.4 Å². The number of aliphatic hydroxyl groups is 1. The average molecular weight is 600 g/mol. The maximum Gasteiger partial charge on any atom is 0.238 e. The number of likely N-dealkylation sites (N-methyl/N-ethyl adjacent to an activating group) is 1. The maximum atomic E-state index is 12.0. The summed E-state index contributed by atoms with van der Waals surface area (Å²) < 4.78 is 3.21. The number of carbonyl (C=O) groups excluding carboxylic acids is 1. The van der Waals surface area contributed by atoms with Gasteiger partial charge in [0.1, 0.15) is 0 Å². The van der Waals surface area contributed by atoms with Crippen molar-refractivity contribution in [1.29, 1.82) is 0 Å². The summed E-state index contributed by atoms with van der Waals surface area (Å²) in [7, 11) is 1.82. The van der Waals surface area contributed by atoms with Crippen LogP contribution in [0, 0.1) is 10.7 Å². The second kappa shape index (κ2) is 8.29. The molecule has 1 amide bonds. The Bertz CT molecular complexity index is 443. The molecular formula is C12H15I3N2O2. The number of carbonyl (C=O) groups is 1. The van der Waals surface area contributed by atoms with Gasteiger partial charge in [0.25, 0.3) is 0 Å². The zero-order valence-corrected chi connectivity index (χ0v) is 17.1. The lowest BCUT2D eigenvalue weighted by Gasteiger charge is -2.18. The second-order valence-corrected chi connectivity index (χ2v) is 7.91. The fraction of sp³-hybridized carbons (Fsp3) is 0.417. The van der Waals surface area contributed by atoms with Crippen LogP contribution in [-0.4, -0.2) is 42.2 Å². The molecule has 0 bridgehead atoms. The number of amides is 1. The van der Waals surface area contributed by atoms with Crippen LogP contribution in [0.2, 0.25) is 0 Å². The first-order chi connectivity index (χ1) is 8.79. The van der Waals surface area contributed by atoms with Gasteiger partial charge in [-0.2, -0.15) is 0 Å². The van der Waals surface area contributed by atoms with Gasteiger partial charge in [-0.1, -0.05) is 0 Å². The molecule has 0 saturated carbocycles. The summed E-state index contributed by atoms with van der Waals surface area (Å²) in [6, 6.07) is 4.05. The van der Waals surface area contributed by atoms with Crippen molar-refractivity contribution in [2.75, 3.05) is 25.5 Å². The van der Waals surface area contributed by atoms with Gasteiger partial charge < -0.3 is 10.4 Å². The minimum Gasteiger partial charge on any atom is -0.392 e. The van der Waals surface area contributed by atoms with Crippen molar-refractivity contribution in [2.24, 2.45) is 0 Å². The van der Waals surface area contributed by atoms with Gasteiger partial charge in [0.2, 0.25) is 5.91 Å². The lowest BCUT2D eigenvalue weighted by Crippen LogP contribution is -2.34. The van der Waals surface area contributed by atoms with Gasteiger partial charge in [-0.15, -0.1) is 0 Å². The number of anilines is 1. The fourth-order valence-corrected chi connectivity index (χ4v) is 5.45. The molecule has 0 fully saturated rings. The Hall–Kier alpha value is 0.800. The number of nitrogens with zero attached hydrogens (tertiary/aromatic N) is 1. The molecule has 4 nitrogen and oxygen atoms in total. The molecule has 1 atom stereocenters. The molecule has 0 aromatic heterocycles. The number of halogens is 3. The first-order valence-electron chi connectivity index (χ1n) is 5.60. The zero-order chi connectivity index (χ0) is 14.6. The van der Waals surface area contributed by atoms with Crippen LogP contribution in [-0.2, 0) is 4.79 Å². The molecular weight excluding hydrogens is 585 g/mol. The summed E-state index contributed by atoms with van der Waals surface area (Å²) in [5.41, 5.74) is 0.858. The highest BCUT2D eigenvalue weighted by Crippen LogP contribution is 2.27. The normalized spacial score (nSPS) is 12.6. The van der Waals surface area contributed by atoms with Crippen LogP contribution in [0.1, 0.15) is 6.92 Å². The molecule has 0 spiro atoms. The van der Waals surface area contributed by atoms with E-state index >= 15 is 0 Å². The fourth-order valence-electron chi connectivity index (χ4n) is 1.60. The Morgan fingerprint density at radius 2 is 1.89 bits per heavy atom. The minimum atomic E-state index is -0.434. The summed E-state index contributed by atoms with van der Waals surface area (Å²) in [6.45, 7) is 2.46. The molecule has 2 N–H and O–H groups in total. The number of hydrogen-bond acceptors (Lipinski definition) is 3. The highest BCUT2D eigenvalue weighted by Gasteiger charge is 2.13. The summed E-state index contributed by atoms with van der Waals surface area (Å²) >= 11 is 6.70. The summed E-state index contributed by atoms with van der Waals surface area (Å²) in [5.74, 6) is -0.0693. The molecule has 0 aliphatic rings. The molecule has 7 heteroatoms. The molecule has 19 heavy (non-hydrogen) atoms. The number of aliphatic hydroxyl groups excluding tert-OH is 1. The van der Waals surface area contributed by atoms with E-state index in [4.69, 9.17) is 0 Å². The topological polar surface area (TPSA) is 52.6 Å². The van der Waals surface area contributed by atoms with Gasteiger partial charge in [-0.05, 0) is 93.9 Å². The van der Waals surface area contributed by atoms with E-state index < -0.39 is 6.10 Å². The van der Waals surface area contributed by atoms with Gasteiger partial charge in [-0.3, -0.25) is 9.69 Å². The number of nitrogens with one attached hydrogen (secondary N) is 1. The van der Waals surface area contributed by atoms with Crippen LogP contribution in [0.4, 0.5) is 5.69 Å². The predicted octanol–water partition coefficient (Wildman–Crippen LogP) is 2.75. The van der Waals surface area contributed by atoms with E-state index in [9.17, 15) is 9.90 Å². The lowest BCUT2D eigenvalue weighted by molar-refractivity contribution is -0.117. The smallest absolute Gasteiger partial charge is 0.238 e. The molecule has 106 valence electrons. The van der Waals surface area contributed by atoms with Crippen molar-refractivity contribution in [3.8, 4) is 0 Å². The van der Waals surface area contributed by atoms with E-state index in [1.807, 2.05) is 19.2 Å². The SMILES string of the molecule is CC(O)CN(C)CC(=O)Nc1c(I)cc(I)cc1I. The highest BCUT2D eigenvalue weighted by molar-refractivity contribution is 14.1. The molecule has 1 aromatic rings. The lowest BCUT2D eigenvalue weighted by atomic mass is 10.3. The van der Waals surface area contributed by atoms with E-state index in [1.54, 1.807) is 11.8 Å². The Morgan fingerprint density at radius 3 is 2.37 bits per heavy atom. The van der Waals surface area contributed by atoms with E-state index in [-0.39, 0.29) is 12.5 Å². The molecule has 0 aliphatic carbocycles. The van der Waals surface area contributed by atoms with Crippen LogP contribution in [0.3, 0.4) is 0 Å². The third kappa shape index (κ3) is 6.40. The Labute approximate surface area is 154 Å². The van der Waals surface area contributed by atoms with Crippen LogP contribution >= 0.6 is 67.8 Å². The van der Waals surface area contributed by atoms with Crippen LogP contribution in [0.25, 0.3) is 0 Å². The quantitative estimate of drug-likeness (QED) is 0.512. The third-order valence-electron chi connectivity index (χ3n) is 2.26. The Kier molecular flexibility index (Phi) is 7.79. The molecule has 0 aliphatic heterocycles. The Morgan fingerprint density at radius 1 is 1.37 bits per heavy atom. The predicted molar refractivity (Wildman–Crippen MR) is 102 cm³/mol. The van der Waals surface area contributed by atoms with Crippen LogP contribution in [0.5, 0.6) is 0 Å². The van der Waals surface area contributed by atoms with Gasteiger partial charge >= 0.3 is 0 Å². The molecule has 1 unspecified atom stereocenters. The zero-order valence-electron chi connectivity index (χ0n) is 10.6. The first-order valence-corrected chi connectivity index (χ1v) is 8.84. The van der Waals surface area contributed by atoms with Crippen molar-refractivity contribution in [2.45, 2.75) is 13.0 Å². The maximum absolute atomic E-state index is 12.0. The van der Waals surface area contributed by atoms with Crippen molar-refractivity contribution in [1.82, 2.24) is 4.90 Å². The number of hydrogen-bond donors (Lipinski definition) is 2. The van der Waals surface area contributed by atoms with Gasteiger partial charge in [0.15, 0.2) is 0 Å². The van der Waals surface area contributed by atoms with Gasteiger partial charge in [0, 0.05) is 17.3 Å². The van der Waals surface area contributed by atoms with Gasteiger partial charge in [0.05, 0.1) is 18.3 Å². The third-order valence-corrected chi connectivity index (χ3v) is 4.59. The van der Waals surface area contributed by atoms with Crippen LogP contribution in [0.15, 0.2) is 12.1 Å². The summed E-state index contributed by atoms with van der Waals surface area (Å²) in [5, 5.41) is 12.2.